The van der Waals surface area contributed by atoms with Crippen molar-refractivity contribution in [2.45, 2.75) is 6.92 Å². The van der Waals surface area contributed by atoms with Crippen LogP contribution in [0.3, 0.4) is 0 Å². The predicted octanol–water partition coefficient (Wildman–Crippen LogP) is 4.69. The van der Waals surface area contributed by atoms with E-state index in [1.807, 2.05) is 0 Å². The molecule has 0 aliphatic rings. The van der Waals surface area contributed by atoms with Crippen LogP contribution in [0.4, 0.5) is 10.1 Å². The molecule has 1 nitrogen and oxygen atoms in total. The normalized spacial score (nSPS) is 10.6. The Bertz CT molecular complexity index is 582. The maximum absolute atomic E-state index is 13.3. The van der Waals surface area contributed by atoms with Crippen molar-refractivity contribution in [3.63, 3.8) is 0 Å². The van der Waals surface area contributed by atoms with Crippen LogP contribution in [-0.4, -0.2) is 0 Å². The molecule has 0 aliphatic carbocycles. The van der Waals surface area contributed by atoms with Crippen LogP contribution in [0.2, 0.25) is 10.0 Å². The summed E-state index contributed by atoms with van der Waals surface area (Å²) in [5, 5.41) is 0.846. The Morgan fingerprint density at radius 1 is 1.06 bits per heavy atom. The largest absolute Gasteiger partial charge is 0.398 e. The average Bonchev–Trinajstić information content (AvgIpc) is 2.27. The van der Waals surface area contributed by atoms with E-state index in [0.29, 0.717) is 21.3 Å². The van der Waals surface area contributed by atoms with Crippen LogP contribution in [0.5, 0.6) is 0 Å². The van der Waals surface area contributed by atoms with E-state index < -0.39 is 0 Å². The van der Waals surface area contributed by atoms with Crippen LogP contribution < -0.4 is 5.73 Å². The molecule has 2 aromatic rings. The highest BCUT2D eigenvalue weighted by Crippen LogP contribution is 2.33. The molecule has 0 aliphatic heterocycles. The van der Waals surface area contributed by atoms with Crippen molar-refractivity contribution >= 4 is 28.9 Å². The van der Waals surface area contributed by atoms with Gasteiger partial charge in [-0.25, -0.2) is 4.39 Å². The molecule has 0 fully saturated rings. The second-order valence-corrected chi connectivity index (χ2v) is 4.63. The van der Waals surface area contributed by atoms with Gasteiger partial charge in [-0.3, -0.25) is 0 Å². The number of halogens is 3. The summed E-state index contributed by atoms with van der Waals surface area (Å²) in [5.41, 5.74) is 8.30. The van der Waals surface area contributed by atoms with E-state index in [4.69, 9.17) is 28.9 Å². The second kappa shape index (κ2) is 4.55. The SMILES string of the molecule is Cc1cc(-c2ccc(Cl)c(N)c2)c(Cl)cc1F. The van der Waals surface area contributed by atoms with E-state index in [0.717, 1.165) is 11.1 Å². The third-order valence-electron chi connectivity index (χ3n) is 2.56. The minimum atomic E-state index is -0.319. The van der Waals surface area contributed by atoms with Gasteiger partial charge < -0.3 is 5.73 Å². The summed E-state index contributed by atoms with van der Waals surface area (Å²) >= 11 is 11.9. The van der Waals surface area contributed by atoms with Gasteiger partial charge in [0, 0.05) is 5.56 Å². The third kappa shape index (κ3) is 2.38. The average molecular weight is 270 g/mol. The molecule has 0 saturated heterocycles. The van der Waals surface area contributed by atoms with Crippen molar-refractivity contribution in [2.24, 2.45) is 0 Å². The molecule has 0 heterocycles. The molecular formula is C13H10Cl2FN. The number of nitrogen functional groups attached to an aromatic ring is 1. The smallest absolute Gasteiger partial charge is 0.127 e. The molecule has 88 valence electrons. The molecule has 2 aromatic carbocycles. The summed E-state index contributed by atoms with van der Waals surface area (Å²) < 4.78 is 13.3. The Morgan fingerprint density at radius 2 is 1.76 bits per heavy atom. The highest BCUT2D eigenvalue weighted by molar-refractivity contribution is 6.34. The lowest BCUT2D eigenvalue weighted by Gasteiger charge is -2.08. The number of anilines is 1. The van der Waals surface area contributed by atoms with Crippen LogP contribution in [0.1, 0.15) is 5.56 Å². The molecule has 4 heteroatoms. The third-order valence-corrected chi connectivity index (χ3v) is 3.21. The summed E-state index contributed by atoms with van der Waals surface area (Å²) in [6, 6.07) is 8.22. The van der Waals surface area contributed by atoms with Crippen molar-refractivity contribution in [1.29, 1.82) is 0 Å². The first-order chi connectivity index (χ1) is 7.99. The molecule has 0 bridgehead atoms. The second-order valence-electron chi connectivity index (χ2n) is 3.82. The van der Waals surface area contributed by atoms with Crippen molar-refractivity contribution < 1.29 is 4.39 Å². The zero-order chi connectivity index (χ0) is 12.6. The van der Waals surface area contributed by atoms with E-state index in [1.54, 1.807) is 31.2 Å². The van der Waals surface area contributed by atoms with Crippen LogP contribution >= 0.6 is 23.2 Å². The van der Waals surface area contributed by atoms with Gasteiger partial charge in [0.15, 0.2) is 0 Å². The topological polar surface area (TPSA) is 26.0 Å². The Morgan fingerprint density at radius 3 is 2.41 bits per heavy atom. The zero-order valence-electron chi connectivity index (χ0n) is 9.10. The van der Waals surface area contributed by atoms with Crippen molar-refractivity contribution in [2.75, 3.05) is 5.73 Å². The Kier molecular flexibility index (Phi) is 3.27. The standard InChI is InChI=1S/C13H10Cl2FN/c1-7-4-9(11(15)6-12(7)16)8-2-3-10(14)13(17)5-8/h2-6H,17H2,1H3. The molecule has 0 amide bonds. The quantitative estimate of drug-likeness (QED) is 0.747. The highest BCUT2D eigenvalue weighted by atomic mass is 35.5. The Hall–Kier alpha value is -1.25. The summed E-state index contributed by atoms with van der Waals surface area (Å²) in [7, 11) is 0. The predicted molar refractivity (Wildman–Crippen MR) is 71.0 cm³/mol. The van der Waals surface area contributed by atoms with Gasteiger partial charge in [-0.15, -0.1) is 0 Å². The van der Waals surface area contributed by atoms with E-state index in [1.165, 1.54) is 6.07 Å². The van der Waals surface area contributed by atoms with Gasteiger partial charge in [0.2, 0.25) is 0 Å². The highest BCUT2D eigenvalue weighted by Gasteiger charge is 2.09. The van der Waals surface area contributed by atoms with Crippen molar-refractivity contribution in [3.05, 3.63) is 51.8 Å². The number of rotatable bonds is 1. The number of hydrogen-bond acceptors (Lipinski definition) is 1. The first-order valence-corrected chi connectivity index (χ1v) is 5.75. The summed E-state index contributed by atoms with van der Waals surface area (Å²) in [4.78, 5) is 0. The fraction of sp³-hybridized carbons (Fsp3) is 0.0769. The molecule has 17 heavy (non-hydrogen) atoms. The fourth-order valence-electron chi connectivity index (χ4n) is 1.59. The van der Waals surface area contributed by atoms with Gasteiger partial charge >= 0.3 is 0 Å². The lowest BCUT2D eigenvalue weighted by atomic mass is 10.0. The van der Waals surface area contributed by atoms with Crippen molar-refractivity contribution in [3.8, 4) is 11.1 Å². The lowest BCUT2D eigenvalue weighted by Crippen LogP contribution is -1.90. The van der Waals surface area contributed by atoms with Crippen molar-refractivity contribution in [1.82, 2.24) is 0 Å². The monoisotopic (exact) mass is 269 g/mol. The van der Waals surface area contributed by atoms with Crippen LogP contribution in [0.15, 0.2) is 30.3 Å². The fourth-order valence-corrected chi connectivity index (χ4v) is 1.97. The molecule has 0 spiro atoms. The number of benzene rings is 2. The van der Waals surface area contributed by atoms with Gasteiger partial charge in [-0.1, -0.05) is 29.3 Å². The summed E-state index contributed by atoms with van der Waals surface area (Å²) in [6.07, 6.45) is 0. The molecule has 2 rings (SSSR count). The van der Waals surface area contributed by atoms with Gasteiger partial charge in [0.1, 0.15) is 5.82 Å². The Balaban J connectivity index is 2.60. The number of nitrogens with two attached hydrogens (primary N) is 1. The molecule has 0 aromatic heterocycles. The first kappa shape index (κ1) is 12.2. The van der Waals surface area contributed by atoms with Crippen LogP contribution in [0.25, 0.3) is 11.1 Å². The summed E-state index contributed by atoms with van der Waals surface area (Å²) in [6.45, 7) is 1.69. The number of aryl methyl sites for hydroxylation is 1. The molecular weight excluding hydrogens is 260 g/mol. The minimum Gasteiger partial charge on any atom is -0.398 e. The minimum absolute atomic E-state index is 0.319. The van der Waals surface area contributed by atoms with Gasteiger partial charge in [0.05, 0.1) is 15.7 Å². The van der Waals surface area contributed by atoms with Gasteiger partial charge in [0.25, 0.3) is 0 Å². The van der Waals surface area contributed by atoms with E-state index in [2.05, 4.69) is 0 Å². The Labute approximate surface area is 109 Å². The maximum Gasteiger partial charge on any atom is 0.127 e. The van der Waals surface area contributed by atoms with E-state index in [9.17, 15) is 4.39 Å². The molecule has 0 atom stereocenters. The van der Waals surface area contributed by atoms with Gasteiger partial charge in [-0.05, 0) is 42.3 Å². The zero-order valence-corrected chi connectivity index (χ0v) is 10.6. The van der Waals surface area contributed by atoms with Crippen LogP contribution in [-0.2, 0) is 0 Å². The molecule has 2 N–H and O–H groups in total. The molecule has 0 radical (unpaired) electrons. The number of hydrogen-bond donors (Lipinski definition) is 1. The van der Waals surface area contributed by atoms with Gasteiger partial charge in [-0.2, -0.15) is 0 Å². The van der Waals surface area contributed by atoms with E-state index in [-0.39, 0.29) is 5.82 Å². The maximum atomic E-state index is 13.3. The van der Waals surface area contributed by atoms with E-state index >= 15 is 0 Å². The summed E-state index contributed by atoms with van der Waals surface area (Å²) in [5.74, 6) is -0.319. The molecule has 0 saturated carbocycles. The lowest BCUT2D eigenvalue weighted by molar-refractivity contribution is 0.619. The molecule has 0 unspecified atom stereocenters. The van der Waals surface area contributed by atoms with Crippen LogP contribution in [0, 0.1) is 12.7 Å². The first-order valence-electron chi connectivity index (χ1n) is 5.00.